The van der Waals surface area contributed by atoms with Crippen molar-refractivity contribution in [1.29, 1.82) is 10.5 Å². The van der Waals surface area contributed by atoms with Crippen molar-refractivity contribution in [2.45, 2.75) is 110 Å². The van der Waals surface area contributed by atoms with Crippen molar-refractivity contribution in [3.8, 4) is 46.2 Å². The SMILES string of the molecule is Cn1nc(-c2cccc(N3CCc4cc(C(C)(C)C#N)cc(F)c4C3=O)c2C=O)cc(Nc2ccc(OC(C)(C)CN3CCC3)cn2)c1=O.Cn1nc(-c2cccc(N3CCc4cc(C(C)(C)C#N)cc(F)c4C3=O)c2CO)cc(Nc2ccc(OC(C)(C)CN3CCC3)cn2)c1=O. The van der Waals surface area contributed by atoms with Gasteiger partial charge in [0.25, 0.3) is 22.9 Å². The molecule has 2 fully saturated rings. The van der Waals surface area contributed by atoms with E-state index in [0.717, 1.165) is 44.0 Å². The third-order valence-electron chi connectivity index (χ3n) is 18.1. The number of nitriles is 2. The molecular formula is C74H78F2N14O8. The number of amides is 2. The number of aliphatic hydroxyl groups is 1. The molecule has 8 aromatic rings. The third-order valence-corrected chi connectivity index (χ3v) is 18.1. The highest BCUT2D eigenvalue weighted by molar-refractivity contribution is 6.12. The Morgan fingerprint density at radius 3 is 1.41 bits per heavy atom. The number of nitrogens with one attached hydrogen (secondary N) is 2. The Bertz CT molecular complexity index is 4640. The summed E-state index contributed by atoms with van der Waals surface area (Å²) in [5.74, 6) is -0.465. The standard InChI is InChI=1S/C37H40FN7O4.C37H38FN7O4/c2*1-36(2,21-39)24-16-23-12-15-45(35(48)33(23)28(38)17-24)31-9-6-8-26(27(31)20-46)29-18-30(34(47)43(5)42-29)41-32-11-10-25(19-40-32)49-37(3,4)22-44-13-7-14-44/h6,8-11,16-19,46H,7,12-15,20,22H2,1-5H3,(H,40,41);6,8-11,16-20H,7,12-15,22H2,1-5H3,(H,40,41). The van der Waals surface area contributed by atoms with Gasteiger partial charge in [0.1, 0.15) is 57.3 Å². The highest BCUT2D eigenvalue weighted by Gasteiger charge is 2.36. The quantitative estimate of drug-likeness (QED) is 0.0599. The van der Waals surface area contributed by atoms with Crippen LogP contribution in [0.1, 0.15) is 127 Å². The fraction of sp³-hybridized carbons (Fsp3) is 0.365. The number of halogens is 2. The molecule has 4 aromatic heterocycles. The van der Waals surface area contributed by atoms with Crippen molar-refractivity contribution in [2.75, 3.05) is 72.8 Å². The molecule has 4 aromatic carbocycles. The van der Waals surface area contributed by atoms with E-state index in [0.29, 0.717) is 104 Å². The van der Waals surface area contributed by atoms with Gasteiger partial charge in [0, 0.05) is 62.5 Å². The summed E-state index contributed by atoms with van der Waals surface area (Å²) in [5, 5.41) is 44.7. The van der Waals surface area contributed by atoms with Gasteiger partial charge in [-0.2, -0.15) is 20.7 Å². The number of fused-ring (bicyclic) bond motifs is 2. The van der Waals surface area contributed by atoms with E-state index < -0.39 is 52.0 Å². The van der Waals surface area contributed by atoms with E-state index in [1.807, 2.05) is 27.7 Å². The molecule has 506 valence electrons. The first kappa shape index (κ1) is 68.8. The molecule has 0 bridgehead atoms. The smallest absolute Gasteiger partial charge is 0.290 e. The number of rotatable bonds is 20. The first-order chi connectivity index (χ1) is 46.6. The largest absolute Gasteiger partial charge is 0.485 e. The second-order valence-corrected chi connectivity index (χ2v) is 27.4. The predicted octanol–water partition coefficient (Wildman–Crippen LogP) is 10.5. The Morgan fingerprint density at radius 1 is 0.582 bits per heavy atom. The molecular weight excluding hydrogens is 1250 g/mol. The first-order valence-electron chi connectivity index (χ1n) is 32.5. The molecule has 2 amide bonds. The summed E-state index contributed by atoms with van der Waals surface area (Å²) < 4.78 is 45.6. The van der Waals surface area contributed by atoms with Crippen LogP contribution in [0.3, 0.4) is 0 Å². The predicted molar refractivity (Wildman–Crippen MR) is 369 cm³/mol. The van der Waals surface area contributed by atoms with Crippen LogP contribution in [-0.2, 0) is 44.4 Å². The highest BCUT2D eigenvalue weighted by Crippen LogP contribution is 2.39. The lowest BCUT2D eigenvalue weighted by molar-refractivity contribution is 0.0347. The average Bonchev–Trinajstić information content (AvgIpc) is 0.763. The zero-order valence-corrected chi connectivity index (χ0v) is 56.6. The number of hydrogen-bond donors (Lipinski definition) is 3. The molecule has 98 heavy (non-hydrogen) atoms. The lowest BCUT2D eigenvalue weighted by Crippen LogP contribution is -2.48. The van der Waals surface area contributed by atoms with Crippen LogP contribution in [0.25, 0.3) is 22.5 Å². The van der Waals surface area contributed by atoms with Crippen LogP contribution in [0.2, 0.25) is 0 Å². The van der Waals surface area contributed by atoms with Gasteiger partial charge in [-0.15, -0.1) is 0 Å². The normalized spacial score (nSPS) is 14.9. The minimum atomic E-state index is -0.927. The Labute approximate surface area is 566 Å². The van der Waals surface area contributed by atoms with Crippen LogP contribution in [0.4, 0.5) is 43.2 Å². The van der Waals surface area contributed by atoms with Crippen LogP contribution >= 0.6 is 0 Å². The number of carbonyl (C=O) groups is 3. The maximum absolute atomic E-state index is 15.5. The maximum atomic E-state index is 15.5. The number of pyridine rings is 2. The number of aromatic nitrogens is 6. The number of aliphatic hydroxyl groups excluding tert-OH is 1. The van der Waals surface area contributed by atoms with Gasteiger partial charge >= 0.3 is 0 Å². The fourth-order valence-electron chi connectivity index (χ4n) is 12.6. The van der Waals surface area contributed by atoms with Crippen LogP contribution in [0.15, 0.2) is 119 Å². The van der Waals surface area contributed by atoms with E-state index in [1.54, 1.807) is 119 Å². The summed E-state index contributed by atoms with van der Waals surface area (Å²) in [4.78, 5) is 82.8. The monoisotopic (exact) mass is 1330 g/mol. The summed E-state index contributed by atoms with van der Waals surface area (Å²) in [6.45, 7) is 20.9. The Balaban J connectivity index is 0.000000198. The number of hydrogen-bond acceptors (Lipinski definition) is 18. The van der Waals surface area contributed by atoms with Gasteiger partial charge in [-0.1, -0.05) is 36.4 Å². The van der Waals surface area contributed by atoms with Crippen molar-refractivity contribution in [1.82, 2.24) is 39.3 Å². The van der Waals surface area contributed by atoms with E-state index in [-0.39, 0.29) is 52.3 Å². The minimum Gasteiger partial charge on any atom is -0.485 e. The Hall–Kier alpha value is -10.5. The van der Waals surface area contributed by atoms with Gasteiger partial charge in [-0.05, 0) is 190 Å². The Morgan fingerprint density at radius 2 is 1.01 bits per heavy atom. The first-order valence-corrected chi connectivity index (χ1v) is 32.5. The van der Waals surface area contributed by atoms with E-state index in [9.17, 15) is 39.6 Å². The number of carbonyl (C=O) groups excluding carboxylic acids is 3. The second kappa shape index (κ2) is 27.5. The van der Waals surface area contributed by atoms with Crippen LogP contribution < -0.4 is 41.0 Å². The molecule has 0 spiro atoms. The van der Waals surface area contributed by atoms with Gasteiger partial charge in [0.15, 0.2) is 6.29 Å². The van der Waals surface area contributed by atoms with Crippen molar-refractivity contribution in [2.24, 2.45) is 14.1 Å². The number of anilines is 6. The molecule has 4 aliphatic heterocycles. The lowest BCUT2D eigenvalue weighted by atomic mass is 9.83. The fourth-order valence-corrected chi connectivity index (χ4v) is 12.6. The zero-order chi connectivity index (χ0) is 70.2. The molecule has 24 heteroatoms. The molecule has 0 unspecified atom stereocenters. The average molecular weight is 1330 g/mol. The summed E-state index contributed by atoms with van der Waals surface area (Å²) in [5.41, 5.74) is 1.74. The van der Waals surface area contributed by atoms with Crippen LogP contribution in [0, 0.1) is 34.3 Å². The van der Waals surface area contributed by atoms with Crippen molar-refractivity contribution < 1.29 is 37.7 Å². The van der Waals surface area contributed by atoms with E-state index in [2.05, 4.69) is 52.7 Å². The van der Waals surface area contributed by atoms with E-state index in [1.165, 1.54) is 59.6 Å². The summed E-state index contributed by atoms with van der Waals surface area (Å²) in [6, 6.07) is 30.6. The maximum Gasteiger partial charge on any atom is 0.290 e. The third kappa shape index (κ3) is 14.4. The number of aryl methyl sites for hydroxylation is 2. The van der Waals surface area contributed by atoms with Gasteiger partial charge in [-0.25, -0.2) is 28.1 Å². The van der Waals surface area contributed by atoms with E-state index in [4.69, 9.17) is 9.47 Å². The van der Waals surface area contributed by atoms with Gasteiger partial charge in [0.05, 0.1) is 75.9 Å². The van der Waals surface area contributed by atoms with Crippen LogP contribution in [-0.4, -0.2) is 126 Å². The molecule has 22 nitrogen and oxygen atoms in total. The number of likely N-dealkylation sites (tertiary alicyclic amines) is 2. The summed E-state index contributed by atoms with van der Waals surface area (Å²) >= 11 is 0. The second-order valence-electron chi connectivity index (χ2n) is 27.4. The van der Waals surface area contributed by atoms with Crippen LogP contribution in [0.5, 0.6) is 11.5 Å². The zero-order valence-electron chi connectivity index (χ0n) is 56.6. The number of nitrogens with zero attached hydrogens (tertiary/aromatic N) is 12. The lowest BCUT2D eigenvalue weighted by Gasteiger charge is -2.38. The molecule has 0 saturated carbocycles. The highest BCUT2D eigenvalue weighted by atomic mass is 19.1. The molecule has 2 saturated heterocycles. The Kier molecular flexibility index (Phi) is 19.3. The summed E-state index contributed by atoms with van der Waals surface area (Å²) in [6.07, 6.45) is 6.95. The van der Waals surface area contributed by atoms with Crippen molar-refractivity contribution >= 4 is 52.5 Å². The molecule has 3 N–H and O–H groups in total. The van der Waals surface area contributed by atoms with Crippen molar-refractivity contribution in [3.63, 3.8) is 0 Å². The topological polar surface area (TPSA) is 270 Å². The van der Waals surface area contributed by atoms with Gasteiger partial charge in [0.2, 0.25) is 0 Å². The molecule has 12 rings (SSSR count). The number of benzene rings is 4. The van der Waals surface area contributed by atoms with Crippen molar-refractivity contribution in [3.05, 3.63) is 186 Å². The van der Waals surface area contributed by atoms with Gasteiger partial charge < -0.3 is 35.0 Å². The minimum absolute atomic E-state index is 0.0478. The van der Waals surface area contributed by atoms with E-state index >= 15 is 8.78 Å². The number of ether oxygens (including phenoxy) is 2. The summed E-state index contributed by atoms with van der Waals surface area (Å²) in [7, 11) is 3.03. The molecule has 8 heterocycles. The molecule has 0 atom stereocenters. The molecule has 0 radical (unpaired) electrons. The van der Waals surface area contributed by atoms with Gasteiger partial charge in [-0.3, -0.25) is 33.8 Å². The number of aldehydes is 1. The molecule has 4 aliphatic rings. The molecule has 0 aliphatic carbocycles.